The number of hydrogen-bond donors (Lipinski definition) is 2. The Morgan fingerprint density at radius 2 is 1.27 bits per heavy atom. The van der Waals surface area contributed by atoms with Gasteiger partial charge in [-0.25, -0.2) is 0 Å². The van der Waals surface area contributed by atoms with Crippen LogP contribution < -0.4 is 18.9 Å². The first-order valence-corrected chi connectivity index (χ1v) is 3.97. The molecule has 0 saturated carbocycles. The Labute approximate surface area is 78.6 Å². The molecule has 0 spiro atoms. The molecule has 0 aromatic carbocycles. The van der Waals surface area contributed by atoms with Crippen molar-refractivity contribution in [2.75, 3.05) is 0 Å². The SMILES string of the molecule is F[B-](F)(F)F.O=S(O)(O)=S.[H-].[Li+]. The van der Waals surface area contributed by atoms with E-state index in [1.165, 1.54) is 0 Å². The third-order valence-corrected chi connectivity index (χ3v) is 0. The van der Waals surface area contributed by atoms with Crippen LogP contribution in [0.15, 0.2) is 0 Å². The maximum Gasteiger partial charge on any atom is 1.00 e. The van der Waals surface area contributed by atoms with Gasteiger partial charge in [0.25, 0.3) is 9.05 Å². The second-order valence-corrected chi connectivity index (χ2v) is 3.14. The van der Waals surface area contributed by atoms with Crippen molar-refractivity contribution in [1.29, 1.82) is 0 Å². The molecule has 0 aromatic rings. The number of halogens is 4. The summed E-state index contributed by atoms with van der Waals surface area (Å²) in [4.78, 5) is 0. The second kappa shape index (κ2) is 6.22. The third kappa shape index (κ3) is 1780. The quantitative estimate of drug-likeness (QED) is 0.361. The molecule has 0 saturated heterocycles. The Morgan fingerprint density at radius 1 is 1.27 bits per heavy atom. The van der Waals surface area contributed by atoms with Gasteiger partial charge in [-0.1, -0.05) is 0 Å². The fraction of sp³-hybridized carbons (Fsp3) is 0. The Kier molecular flexibility index (Phi) is 9.99. The van der Waals surface area contributed by atoms with Crippen LogP contribution in [0.3, 0.4) is 0 Å². The zero-order valence-electron chi connectivity index (χ0n) is 6.21. The van der Waals surface area contributed by atoms with Crippen LogP contribution in [0.5, 0.6) is 0 Å². The molecule has 0 amide bonds. The van der Waals surface area contributed by atoms with Crippen molar-refractivity contribution in [2.24, 2.45) is 0 Å². The van der Waals surface area contributed by atoms with Crippen molar-refractivity contribution in [3.8, 4) is 0 Å². The monoisotopic (exact) mass is 209 g/mol. The minimum absolute atomic E-state index is 0. The molecule has 0 aliphatic rings. The summed E-state index contributed by atoms with van der Waals surface area (Å²) in [6.07, 6.45) is 0. The maximum absolute atomic E-state index is 9.75. The van der Waals surface area contributed by atoms with E-state index in [4.69, 9.17) is 13.3 Å². The summed E-state index contributed by atoms with van der Waals surface area (Å²) in [5.74, 6) is 0. The van der Waals surface area contributed by atoms with Crippen LogP contribution in [0.25, 0.3) is 0 Å². The average Bonchev–Trinajstić information content (AvgIpc) is 1.12. The Bertz CT molecular complexity index is 163. The summed E-state index contributed by atoms with van der Waals surface area (Å²) in [7, 11) is -9.83. The van der Waals surface area contributed by atoms with Gasteiger partial charge in [0.1, 0.15) is 0 Å². The van der Waals surface area contributed by atoms with Crippen LogP contribution in [0.1, 0.15) is 1.43 Å². The molecule has 66 valence electrons. The molecule has 0 heterocycles. The van der Waals surface area contributed by atoms with Crippen LogP contribution in [-0.4, -0.2) is 20.6 Å². The molecule has 0 aliphatic carbocycles. The maximum atomic E-state index is 9.75. The molecule has 2 N–H and O–H groups in total. The molecule has 11 heteroatoms. The smallest absolute Gasteiger partial charge is 1.00 e. The average molecular weight is 209 g/mol. The molecule has 0 fully saturated rings. The molecule has 0 atom stereocenters. The van der Waals surface area contributed by atoms with Crippen LogP contribution in [0.2, 0.25) is 0 Å². The van der Waals surface area contributed by atoms with Gasteiger partial charge in [-0.15, -0.1) is 0 Å². The zero-order valence-corrected chi connectivity index (χ0v) is 6.84. The fourth-order valence-corrected chi connectivity index (χ4v) is 0. The van der Waals surface area contributed by atoms with Gasteiger partial charge in [0.2, 0.25) is 0 Å². The zero-order chi connectivity index (χ0) is 9.00. The van der Waals surface area contributed by atoms with Crippen molar-refractivity contribution >= 4 is 27.5 Å². The van der Waals surface area contributed by atoms with Gasteiger partial charge in [0.05, 0.1) is 0 Å². The van der Waals surface area contributed by atoms with Gasteiger partial charge >= 0.3 is 26.1 Å². The Balaban J connectivity index is -0.0000000457. The molecule has 0 rings (SSSR count). The molecule has 0 aliphatic heterocycles. The topological polar surface area (TPSA) is 57.5 Å². The van der Waals surface area contributed by atoms with E-state index in [0.29, 0.717) is 0 Å². The Morgan fingerprint density at radius 3 is 1.27 bits per heavy atom. The minimum atomic E-state index is -6.00. The molecular formula is H3BF4LiO3S2-. The predicted octanol–water partition coefficient (Wildman–Crippen LogP) is -1.90. The summed E-state index contributed by atoms with van der Waals surface area (Å²) in [6, 6.07) is 0. The van der Waals surface area contributed by atoms with E-state index >= 15 is 0 Å². The van der Waals surface area contributed by atoms with Crippen molar-refractivity contribution in [3.63, 3.8) is 0 Å². The normalized spacial score (nSPS) is 10.7. The third-order valence-electron chi connectivity index (χ3n) is 0. The summed E-state index contributed by atoms with van der Waals surface area (Å²) in [5.41, 5.74) is 0. The van der Waals surface area contributed by atoms with E-state index in [-0.39, 0.29) is 20.3 Å². The number of rotatable bonds is 0. The van der Waals surface area contributed by atoms with Crippen molar-refractivity contribution in [2.45, 2.75) is 0 Å². The van der Waals surface area contributed by atoms with Gasteiger partial charge < -0.3 is 18.7 Å². The van der Waals surface area contributed by atoms with Gasteiger partial charge in [-0.3, -0.25) is 9.11 Å². The van der Waals surface area contributed by atoms with Crippen molar-refractivity contribution in [1.82, 2.24) is 0 Å². The minimum Gasteiger partial charge on any atom is -1.00 e. The molecule has 0 radical (unpaired) electrons. The van der Waals surface area contributed by atoms with Crippen LogP contribution in [-0.2, 0) is 20.2 Å². The summed E-state index contributed by atoms with van der Waals surface area (Å²) < 4.78 is 63.0. The molecule has 0 aromatic heterocycles. The van der Waals surface area contributed by atoms with E-state index in [2.05, 4.69) is 11.2 Å². The first kappa shape index (κ1) is 17.7. The molecule has 3 nitrogen and oxygen atoms in total. The standard InChI is InChI=1S/BF4.Li.H2O3S2.H/c2-1(3,4)5;;1-5(2,3)4;/h;;(H2,1,2,3,4);/q-1;+1;;-1. The first-order valence-electron chi connectivity index (χ1n) is 1.57. The van der Waals surface area contributed by atoms with Crippen LogP contribution in [0, 0.1) is 0 Å². The summed E-state index contributed by atoms with van der Waals surface area (Å²) >= 11 is 3.47. The predicted molar refractivity (Wildman–Crippen MR) is 32.1 cm³/mol. The Hall–Kier alpha value is 0.672. The summed E-state index contributed by atoms with van der Waals surface area (Å²) in [6.45, 7) is 0. The molecule has 0 bridgehead atoms. The largest absolute Gasteiger partial charge is 1.00 e. The van der Waals surface area contributed by atoms with Gasteiger partial charge in [-0.05, 0) is 0 Å². The number of hydrogen-bond acceptors (Lipinski definition) is 2. The van der Waals surface area contributed by atoms with Gasteiger partial charge in [-0.2, -0.15) is 4.21 Å². The van der Waals surface area contributed by atoms with Crippen LogP contribution >= 0.6 is 0 Å². The fourth-order valence-electron chi connectivity index (χ4n) is 0. The van der Waals surface area contributed by atoms with Gasteiger partial charge in [0, 0.05) is 11.2 Å². The van der Waals surface area contributed by atoms with E-state index in [9.17, 15) is 17.3 Å². The van der Waals surface area contributed by atoms with E-state index < -0.39 is 16.3 Å². The van der Waals surface area contributed by atoms with Crippen molar-refractivity contribution < 1.29 is 50.9 Å². The molecule has 0 unspecified atom stereocenters. The van der Waals surface area contributed by atoms with Crippen molar-refractivity contribution in [3.05, 3.63) is 0 Å². The first-order chi connectivity index (χ1) is 4.00. The van der Waals surface area contributed by atoms with E-state index in [1.54, 1.807) is 0 Å². The second-order valence-electron chi connectivity index (χ2n) is 0.943. The van der Waals surface area contributed by atoms with Crippen LogP contribution in [0.4, 0.5) is 17.3 Å². The van der Waals surface area contributed by atoms with E-state index in [0.717, 1.165) is 0 Å². The molecule has 11 heavy (non-hydrogen) atoms. The summed E-state index contributed by atoms with van der Waals surface area (Å²) in [5, 5.41) is 0. The molecular weight excluding hydrogens is 206 g/mol. The van der Waals surface area contributed by atoms with E-state index in [1.807, 2.05) is 0 Å². The van der Waals surface area contributed by atoms with Gasteiger partial charge in [0.15, 0.2) is 0 Å².